The van der Waals surface area contributed by atoms with E-state index in [0.717, 1.165) is 17.4 Å². The van der Waals surface area contributed by atoms with E-state index in [2.05, 4.69) is 0 Å². The molecule has 0 fully saturated rings. The Morgan fingerprint density at radius 3 is 2.39 bits per heavy atom. The Kier molecular flexibility index (Phi) is 5.11. The van der Waals surface area contributed by atoms with Gasteiger partial charge in [0.1, 0.15) is 12.0 Å². The van der Waals surface area contributed by atoms with Gasteiger partial charge < -0.3 is 10.5 Å². The molecule has 0 aromatic heterocycles. The van der Waals surface area contributed by atoms with E-state index in [-0.39, 0.29) is 12.5 Å². The first-order chi connectivity index (χ1) is 8.52. The minimum atomic E-state index is -0.512. The van der Waals surface area contributed by atoms with Crippen LogP contribution in [0.15, 0.2) is 29.8 Å². The van der Waals surface area contributed by atoms with Crippen molar-refractivity contribution in [3.8, 4) is 5.75 Å². The smallest absolute Gasteiger partial charge is 0.255 e. The molecule has 18 heavy (non-hydrogen) atoms. The molecule has 0 aliphatic heterocycles. The van der Waals surface area contributed by atoms with E-state index in [1.54, 1.807) is 12.1 Å². The van der Waals surface area contributed by atoms with Crippen molar-refractivity contribution < 1.29 is 14.3 Å². The Balaban J connectivity index is 2.76. The van der Waals surface area contributed by atoms with Crippen molar-refractivity contribution in [2.24, 2.45) is 11.7 Å². The van der Waals surface area contributed by atoms with Gasteiger partial charge in [0.15, 0.2) is 6.61 Å². The number of hydrogen-bond acceptors (Lipinski definition) is 3. The molecular formula is C14H17NO3. The zero-order chi connectivity index (χ0) is 13.5. The minimum Gasteiger partial charge on any atom is -0.484 e. The van der Waals surface area contributed by atoms with Gasteiger partial charge in [-0.25, -0.2) is 0 Å². The lowest BCUT2D eigenvalue weighted by Crippen LogP contribution is -2.19. The van der Waals surface area contributed by atoms with Crippen LogP contribution in [0.5, 0.6) is 5.75 Å². The van der Waals surface area contributed by atoms with Crippen LogP contribution in [0.25, 0.3) is 6.08 Å². The van der Waals surface area contributed by atoms with E-state index in [9.17, 15) is 9.59 Å². The second kappa shape index (κ2) is 6.59. The monoisotopic (exact) mass is 247 g/mol. The molecule has 0 aliphatic rings. The molecule has 4 heteroatoms. The van der Waals surface area contributed by atoms with E-state index in [4.69, 9.17) is 10.5 Å². The van der Waals surface area contributed by atoms with Gasteiger partial charge in [0.05, 0.1) is 0 Å². The molecule has 1 amide bonds. The topological polar surface area (TPSA) is 69.4 Å². The molecule has 0 aliphatic carbocycles. The summed E-state index contributed by atoms with van der Waals surface area (Å²) in [6.07, 6.45) is 2.69. The lowest BCUT2D eigenvalue weighted by atomic mass is 10.0. The second-order valence-corrected chi connectivity index (χ2v) is 4.24. The summed E-state index contributed by atoms with van der Waals surface area (Å²) in [6, 6.07) is 7.11. The van der Waals surface area contributed by atoms with E-state index < -0.39 is 5.91 Å². The van der Waals surface area contributed by atoms with Gasteiger partial charge >= 0.3 is 0 Å². The summed E-state index contributed by atoms with van der Waals surface area (Å²) in [5, 5.41) is 0. The number of nitrogens with two attached hydrogens (primary N) is 1. The summed E-state index contributed by atoms with van der Waals surface area (Å²) in [6.45, 7) is 3.79. The van der Waals surface area contributed by atoms with Crippen LogP contribution in [0.2, 0.25) is 0 Å². The molecule has 2 N–H and O–H groups in total. The molecule has 0 saturated carbocycles. The molecule has 0 atom stereocenters. The van der Waals surface area contributed by atoms with E-state index in [1.807, 2.05) is 32.1 Å². The first-order valence-electron chi connectivity index (χ1n) is 5.71. The van der Waals surface area contributed by atoms with Gasteiger partial charge in [-0.3, -0.25) is 9.59 Å². The third kappa shape index (κ3) is 4.41. The number of benzene rings is 1. The number of hydrogen-bond donors (Lipinski definition) is 1. The molecule has 0 heterocycles. The zero-order valence-corrected chi connectivity index (χ0v) is 10.6. The predicted molar refractivity (Wildman–Crippen MR) is 70.0 cm³/mol. The van der Waals surface area contributed by atoms with Gasteiger partial charge in [-0.05, 0) is 35.3 Å². The third-order valence-corrected chi connectivity index (χ3v) is 2.40. The summed E-state index contributed by atoms with van der Waals surface area (Å²) in [7, 11) is 0. The molecule has 0 spiro atoms. The summed E-state index contributed by atoms with van der Waals surface area (Å²) in [5.74, 6) is 0.249. The normalized spacial score (nSPS) is 11.4. The molecule has 1 aromatic carbocycles. The van der Waals surface area contributed by atoms with Gasteiger partial charge in [0, 0.05) is 0 Å². The highest BCUT2D eigenvalue weighted by Gasteiger charge is 2.02. The fourth-order valence-electron chi connectivity index (χ4n) is 1.34. The molecule has 1 aromatic rings. The third-order valence-electron chi connectivity index (χ3n) is 2.40. The Labute approximate surface area is 106 Å². The molecule has 0 unspecified atom stereocenters. The SMILES string of the molecule is CC(C)C(C=O)=Cc1ccc(OCC(N)=O)cc1. The van der Waals surface area contributed by atoms with Gasteiger partial charge in [-0.2, -0.15) is 0 Å². The maximum absolute atomic E-state index is 10.9. The quantitative estimate of drug-likeness (QED) is 0.615. The van der Waals surface area contributed by atoms with E-state index in [1.165, 1.54) is 0 Å². The van der Waals surface area contributed by atoms with Gasteiger partial charge in [0.2, 0.25) is 0 Å². The Bertz CT molecular complexity index is 447. The van der Waals surface area contributed by atoms with Crippen molar-refractivity contribution in [2.75, 3.05) is 6.61 Å². The number of aldehydes is 1. The molecule has 4 nitrogen and oxygen atoms in total. The van der Waals surface area contributed by atoms with Crippen LogP contribution in [0.4, 0.5) is 0 Å². The fourth-order valence-corrected chi connectivity index (χ4v) is 1.34. The fraction of sp³-hybridized carbons (Fsp3) is 0.286. The van der Waals surface area contributed by atoms with Gasteiger partial charge in [-0.15, -0.1) is 0 Å². The van der Waals surface area contributed by atoms with E-state index in [0.29, 0.717) is 5.75 Å². The average Bonchev–Trinajstić information content (AvgIpc) is 2.34. The van der Waals surface area contributed by atoms with Crippen LogP contribution in [0.3, 0.4) is 0 Å². The zero-order valence-electron chi connectivity index (χ0n) is 10.6. The molecule has 96 valence electrons. The minimum absolute atomic E-state index is 0.138. The molecule has 0 radical (unpaired) electrons. The van der Waals surface area contributed by atoms with Crippen molar-refractivity contribution in [3.63, 3.8) is 0 Å². The molecule has 0 bridgehead atoms. The van der Waals surface area contributed by atoms with Crippen LogP contribution < -0.4 is 10.5 Å². The highest BCUT2D eigenvalue weighted by Crippen LogP contribution is 2.16. The number of carbonyl (C=O) groups excluding carboxylic acids is 2. The maximum atomic E-state index is 10.9. The Morgan fingerprint density at radius 2 is 1.94 bits per heavy atom. The number of amides is 1. The summed E-state index contributed by atoms with van der Waals surface area (Å²) >= 11 is 0. The van der Waals surface area contributed by atoms with Crippen LogP contribution in [-0.2, 0) is 9.59 Å². The average molecular weight is 247 g/mol. The summed E-state index contributed by atoms with van der Waals surface area (Å²) < 4.78 is 5.14. The van der Waals surface area contributed by atoms with Gasteiger partial charge in [-0.1, -0.05) is 26.0 Å². The second-order valence-electron chi connectivity index (χ2n) is 4.24. The van der Waals surface area contributed by atoms with Crippen molar-refractivity contribution in [1.82, 2.24) is 0 Å². The summed E-state index contributed by atoms with van der Waals surface area (Å²) in [4.78, 5) is 21.4. The number of primary amides is 1. The van der Waals surface area contributed by atoms with Crippen LogP contribution in [-0.4, -0.2) is 18.8 Å². The first kappa shape index (κ1) is 14.0. The number of allylic oxidation sites excluding steroid dienone is 1. The number of rotatable bonds is 6. The van der Waals surface area contributed by atoms with Gasteiger partial charge in [0.25, 0.3) is 5.91 Å². The molecule has 1 rings (SSSR count). The largest absolute Gasteiger partial charge is 0.484 e. The number of ether oxygens (including phenoxy) is 1. The summed E-state index contributed by atoms with van der Waals surface area (Å²) in [5.41, 5.74) is 6.63. The molecule has 0 saturated heterocycles. The first-order valence-corrected chi connectivity index (χ1v) is 5.71. The van der Waals surface area contributed by atoms with Crippen molar-refractivity contribution in [2.45, 2.75) is 13.8 Å². The molecular weight excluding hydrogens is 230 g/mol. The van der Waals surface area contributed by atoms with Crippen molar-refractivity contribution in [3.05, 3.63) is 35.4 Å². The van der Waals surface area contributed by atoms with Crippen LogP contribution >= 0.6 is 0 Å². The maximum Gasteiger partial charge on any atom is 0.255 e. The van der Waals surface area contributed by atoms with Crippen LogP contribution in [0.1, 0.15) is 19.4 Å². The Hall–Kier alpha value is -2.10. The highest BCUT2D eigenvalue weighted by molar-refractivity contribution is 5.82. The lowest BCUT2D eigenvalue weighted by Gasteiger charge is -2.05. The van der Waals surface area contributed by atoms with Crippen molar-refractivity contribution >= 4 is 18.3 Å². The standard InChI is InChI=1S/C14H17NO3/c1-10(2)12(8-16)7-11-3-5-13(6-4-11)18-9-14(15)17/h3-8,10H,9H2,1-2H3,(H2,15,17). The lowest BCUT2D eigenvalue weighted by molar-refractivity contribution is -0.120. The van der Waals surface area contributed by atoms with Crippen LogP contribution in [0, 0.1) is 5.92 Å². The highest BCUT2D eigenvalue weighted by atomic mass is 16.5. The van der Waals surface area contributed by atoms with Crippen molar-refractivity contribution in [1.29, 1.82) is 0 Å². The Morgan fingerprint density at radius 1 is 1.33 bits per heavy atom. The predicted octanol–water partition coefficient (Wildman–Crippen LogP) is 1.79. The van der Waals surface area contributed by atoms with E-state index >= 15 is 0 Å². The number of carbonyl (C=O) groups is 2.